The Bertz CT molecular complexity index is 612. The van der Waals surface area contributed by atoms with E-state index in [1.165, 1.54) is 23.1 Å². The van der Waals surface area contributed by atoms with Gasteiger partial charge in [0, 0.05) is 12.1 Å². The van der Waals surface area contributed by atoms with Gasteiger partial charge in [0.05, 0.1) is 12.9 Å². The van der Waals surface area contributed by atoms with Crippen LogP contribution < -0.4 is 10.1 Å². The number of aromatic nitrogens is 2. The molecule has 0 spiro atoms. The molecule has 0 aliphatic carbocycles. The summed E-state index contributed by atoms with van der Waals surface area (Å²) in [7, 11) is 1.60. The quantitative estimate of drug-likeness (QED) is 0.587. The van der Waals surface area contributed by atoms with Crippen LogP contribution in [0.1, 0.15) is 24.2 Å². The number of thioether (sulfide) groups is 1. The molecule has 0 saturated carbocycles. The average molecular weight is 337 g/mol. The number of ether oxygens (including phenoxy) is 1. The summed E-state index contributed by atoms with van der Waals surface area (Å²) in [5.41, 5.74) is 0.677. The maximum Gasteiger partial charge on any atom is 0.206 e. The monoisotopic (exact) mass is 337 g/mol. The molecular weight excluding hydrogens is 318 g/mol. The first-order chi connectivity index (χ1) is 10.6. The number of methoxy groups -OCH3 is 1. The van der Waals surface area contributed by atoms with Gasteiger partial charge < -0.3 is 10.1 Å². The Labute approximate surface area is 138 Å². The minimum atomic E-state index is 0.0690. The highest BCUT2D eigenvalue weighted by atomic mass is 32.2. The fraction of sp³-hybridized carbons (Fsp3) is 0.400. The number of ketones is 1. The van der Waals surface area contributed by atoms with E-state index in [2.05, 4.69) is 29.4 Å². The number of benzene rings is 1. The summed E-state index contributed by atoms with van der Waals surface area (Å²) in [6, 6.07) is 7.13. The van der Waals surface area contributed by atoms with Crippen LogP contribution in [0.15, 0.2) is 28.6 Å². The van der Waals surface area contributed by atoms with Crippen LogP contribution in [0, 0.1) is 5.92 Å². The van der Waals surface area contributed by atoms with Crippen molar-refractivity contribution < 1.29 is 9.53 Å². The number of Topliss-reactive ketones (excluding diaryl/α,β-unsaturated/α-hetero) is 1. The van der Waals surface area contributed by atoms with Crippen LogP contribution in [-0.2, 0) is 0 Å². The standard InChI is InChI=1S/C15H19N3O2S2/c1-10(2)8-16-14-17-18-15(22-14)21-9-13(19)11-4-6-12(20-3)7-5-11/h4-7,10H,8-9H2,1-3H3,(H,16,17). The second kappa shape index (κ2) is 8.14. The molecule has 0 amide bonds. The fourth-order valence-electron chi connectivity index (χ4n) is 1.62. The predicted molar refractivity (Wildman–Crippen MR) is 91.3 cm³/mol. The molecule has 0 atom stereocenters. The van der Waals surface area contributed by atoms with E-state index in [9.17, 15) is 4.79 Å². The molecule has 2 rings (SSSR count). The summed E-state index contributed by atoms with van der Waals surface area (Å²) in [5.74, 6) is 1.72. The Kier molecular flexibility index (Phi) is 6.21. The number of nitrogens with zero attached hydrogens (tertiary/aromatic N) is 2. The van der Waals surface area contributed by atoms with E-state index in [-0.39, 0.29) is 5.78 Å². The number of anilines is 1. The van der Waals surface area contributed by atoms with Gasteiger partial charge in [-0.15, -0.1) is 10.2 Å². The molecule has 5 nitrogen and oxygen atoms in total. The molecular formula is C15H19N3O2S2. The zero-order valence-electron chi connectivity index (χ0n) is 12.8. The van der Waals surface area contributed by atoms with Gasteiger partial charge in [-0.25, -0.2) is 0 Å². The number of rotatable bonds is 8. The third-order valence-corrected chi connectivity index (χ3v) is 4.82. The van der Waals surface area contributed by atoms with Gasteiger partial charge in [0.2, 0.25) is 5.13 Å². The normalized spacial score (nSPS) is 10.7. The molecule has 2 aromatic rings. The van der Waals surface area contributed by atoms with Crippen LogP contribution in [0.5, 0.6) is 5.75 Å². The maximum atomic E-state index is 12.1. The molecule has 0 bridgehead atoms. The summed E-state index contributed by atoms with van der Waals surface area (Å²) in [4.78, 5) is 12.1. The van der Waals surface area contributed by atoms with E-state index >= 15 is 0 Å². The molecule has 0 saturated heterocycles. The van der Waals surface area contributed by atoms with Gasteiger partial charge >= 0.3 is 0 Å². The van der Waals surface area contributed by atoms with Crippen molar-refractivity contribution in [2.24, 2.45) is 5.92 Å². The number of carbonyl (C=O) groups excluding carboxylic acids is 1. The molecule has 0 fully saturated rings. The predicted octanol–water partition coefficient (Wildman–Crippen LogP) is 3.59. The molecule has 0 aliphatic rings. The van der Waals surface area contributed by atoms with Gasteiger partial charge in [0.25, 0.3) is 0 Å². The van der Waals surface area contributed by atoms with Crippen LogP contribution in [0.4, 0.5) is 5.13 Å². The van der Waals surface area contributed by atoms with Crippen molar-refractivity contribution in [2.45, 2.75) is 18.2 Å². The maximum absolute atomic E-state index is 12.1. The van der Waals surface area contributed by atoms with Crippen molar-refractivity contribution in [3.63, 3.8) is 0 Å². The van der Waals surface area contributed by atoms with Crippen molar-refractivity contribution in [1.29, 1.82) is 0 Å². The van der Waals surface area contributed by atoms with Gasteiger partial charge in [0.15, 0.2) is 10.1 Å². The third kappa shape index (κ3) is 4.99. The second-order valence-corrected chi connectivity index (χ2v) is 7.29. The molecule has 0 aliphatic heterocycles. The van der Waals surface area contributed by atoms with E-state index in [1.54, 1.807) is 31.4 Å². The van der Waals surface area contributed by atoms with Crippen molar-refractivity contribution in [3.05, 3.63) is 29.8 Å². The van der Waals surface area contributed by atoms with E-state index in [1.807, 2.05) is 0 Å². The molecule has 1 aromatic heterocycles. The zero-order chi connectivity index (χ0) is 15.9. The van der Waals surface area contributed by atoms with Crippen molar-refractivity contribution in [3.8, 4) is 5.75 Å². The van der Waals surface area contributed by atoms with Crippen LogP contribution in [0.2, 0.25) is 0 Å². The smallest absolute Gasteiger partial charge is 0.206 e. The van der Waals surface area contributed by atoms with E-state index in [4.69, 9.17) is 4.74 Å². The van der Waals surface area contributed by atoms with E-state index in [0.717, 1.165) is 21.8 Å². The fourth-order valence-corrected chi connectivity index (χ4v) is 3.27. The van der Waals surface area contributed by atoms with Crippen molar-refractivity contribution in [1.82, 2.24) is 10.2 Å². The Hall–Kier alpha value is -1.60. The Morgan fingerprint density at radius 3 is 2.68 bits per heavy atom. The molecule has 7 heteroatoms. The lowest BCUT2D eigenvalue weighted by atomic mass is 10.1. The Balaban J connectivity index is 1.85. The molecule has 118 valence electrons. The lowest BCUT2D eigenvalue weighted by Gasteiger charge is -2.03. The lowest BCUT2D eigenvalue weighted by Crippen LogP contribution is -2.07. The largest absolute Gasteiger partial charge is 0.497 e. The Morgan fingerprint density at radius 2 is 2.05 bits per heavy atom. The first-order valence-corrected chi connectivity index (χ1v) is 8.76. The Morgan fingerprint density at radius 1 is 1.32 bits per heavy atom. The van der Waals surface area contributed by atoms with Crippen LogP contribution in [0.3, 0.4) is 0 Å². The van der Waals surface area contributed by atoms with Gasteiger partial charge in [-0.2, -0.15) is 0 Å². The summed E-state index contributed by atoms with van der Waals surface area (Å²) < 4.78 is 5.88. The van der Waals surface area contributed by atoms with Crippen molar-refractivity contribution >= 4 is 34.0 Å². The van der Waals surface area contributed by atoms with Gasteiger partial charge in [0.1, 0.15) is 5.75 Å². The molecule has 1 heterocycles. The van der Waals surface area contributed by atoms with Gasteiger partial charge in [-0.3, -0.25) is 4.79 Å². The summed E-state index contributed by atoms with van der Waals surface area (Å²) in [6.07, 6.45) is 0. The van der Waals surface area contributed by atoms with E-state index in [0.29, 0.717) is 17.2 Å². The van der Waals surface area contributed by atoms with E-state index < -0.39 is 0 Å². The van der Waals surface area contributed by atoms with Crippen LogP contribution in [-0.4, -0.2) is 35.4 Å². The van der Waals surface area contributed by atoms with Crippen LogP contribution >= 0.6 is 23.1 Å². The molecule has 1 aromatic carbocycles. The molecule has 0 unspecified atom stereocenters. The summed E-state index contributed by atoms with van der Waals surface area (Å²) >= 11 is 2.89. The number of carbonyl (C=O) groups is 1. The SMILES string of the molecule is COc1ccc(C(=O)CSc2nnc(NCC(C)C)s2)cc1. The highest BCUT2D eigenvalue weighted by molar-refractivity contribution is 8.01. The highest BCUT2D eigenvalue weighted by Crippen LogP contribution is 2.26. The topological polar surface area (TPSA) is 64.1 Å². The first kappa shape index (κ1) is 16.8. The zero-order valence-corrected chi connectivity index (χ0v) is 14.5. The average Bonchev–Trinajstić information content (AvgIpc) is 2.98. The molecule has 1 N–H and O–H groups in total. The second-order valence-electron chi connectivity index (χ2n) is 5.09. The van der Waals surface area contributed by atoms with Crippen molar-refractivity contribution in [2.75, 3.05) is 24.7 Å². The van der Waals surface area contributed by atoms with Gasteiger partial charge in [-0.1, -0.05) is 36.9 Å². The minimum Gasteiger partial charge on any atom is -0.497 e. The first-order valence-electron chi connectivity index (χ1n) is 6.96. The summed E-state index contributed by atoms with van der Waals surface area (Å²) in [6.45, 7) is 5.14. The van der Waals surface area contributed by atoms with Gasteiger partial charge in [-0.05, 0) is 30.2 Å². The number of nitrogens with one attached hydrogen (secondary N) is 1. The third-order valence-electron chi connectivity index (χ3n) is 2.81. The molecule has 0 radical (unpaired) electrons. The van der Waals surface area contributed by atoms with Crippen LogP contribution in [0.25, 0.3) is 0 Å². The lowest BCUT2D eigenvalue weighted by molar-refractivity contribution is 0.102. The number of hydrogen-bond donors (Lipinski definition) is 1. The molecule has 22 heavy (non-hydrogen) atoms. The number of hydrogen-bond acceptors (Lipinski definition) is 7. The summed E-state index contributed by atoms with van der Waals surface area (Å²) in [5, 5.41) is 12.2. The minimum absolute atomic E-state index is 0.0690. The highest BCUT2D eigenvalue weighted by Gasteiger charge is 2.10.